The molecule has 314 valence electrons. The molecule has 3 aromatic carbocycles. The first kappa shape index (κ1) is 41.0. The number of anilines is 2. The molecular formula is C41H40F4N8O6S. The van der Waals surface area contributed by atoms with Crippen LogP contribution in [0.15, 0.2) is 54.7 Å². The number of methoxy groups -OCH3 is 1. The minimum absolute atomic E-state index is 0.00474. The van der Waals surface area contributed by atoms with E-state index in [0.717, 1.165) is 22.8 Å². The molecule has 0 radical (unpaired) electrons. The number of thiol groups is 1. The van der Waals surface area contributed by atoms with Crippen molar-refractivity contribution in [2.24, 2.45) is 0 Å². The number of nitrogens with zero attached hydrogens (tertiary/aromatic N) is 5. The number of piperidine rings is 2. The van der Waals surface area contributed by atoms with Crippen LogP contribution in [0.1, 0.15) is 79.6 Å². The van der Waals surface area contributed by atoms with Gasteiger partial charge in [-0.25, -0.2) is 9.37 Å². The molecule has 60 heavy (non-hydrogen) atoms. The van der Waals surface area contributed by atoms with E-state index in [1.54, 1.807) is 19.2 Å². The standard InChI is InChI=1S/C41H40F4N8O6S/c1-51-19-23-4-3-5-31(34(23)38(51)57)59-37-27(41(43,44)45)17-46-40(50-37)48-29-16-28(42)26(15-32(29)58-2)35(55)47-24-10-12-52(13-11-24)18-21-6-7-22-20-53(39(60)25(22)14-21)30-8-9-33(54)49-36(30)56/h3-7,14-17,24,30,39,60H,8-13,18-20H2,1-2H3,(H,47,55)(H,46,48,50)(H,49,54,56). The van der Waals surface area contributed by atoms with Gasteiger partial charge in [-0.3, -0.25) is 34.3 Å². The largest absolute Gasteiger partial charge is 0.495 e. The molecule has 0 saturated carbocycles. The van der Waals surface area contributed by atoms with E-state index in [2.05, 4.69) is 49.0 Å². The average molecular weight is 849 g/mol. The summed E-state index contributed by atoms with van der Waals surface area (Å²) in [7, 11) is 2.85. The van der Waals surface area contributed by atoms with Crippen LogP contribution in [-0.2, 0) is 35.4 Å². The van der Waals surface area contributed by atoms with Gasteiger partial charge < -0.3 is 25.0 Å². The second kappa shape index (κ2) is 16.3. The van der Waals surface area contributed by atoms with Gasteiger partial charge in [0.25, 0.3) is 11.8 Å². The van der Waals surface area contributed by atoms with E-state index < -0.39 is 47.2 Å². The molecule has 2 saturated heterocycles. The summed E-state index contributed by atoms with van der Waals surface area (Å²) in [5.41, 5.74) is 2.24. The Balaban J connectivity index is 0.896. The predicted molar refractivity (Wildman–Crippen MR) is 211 cm³/mol. The minimum atomic E-state index is -4.91. The maximum atomic E-state index is 15.6. The Labute approximate surface area is 347 Å². The van der Waals surface area contributed by atoms with Gasteiger partial charge >= 0.3 is 6.18 Å². The van der Waals surface area contributed by atoms with E-state index in [1.807, 2.05) is 4.90 Å². The maximum absolute atomic E-state index is 15.6. The molecule has 4 aliphatic rings. The van der Waals surface area contributed by atoms with E-state index in [4.69, 9.17) is 22.1 Å². The molecule has 8 rings (SSSR count). The summed E-state index contributed by atoms with van der Waals surface area (Å²) in [6.07, 6.45) is -2.43. The van der Waals surface area contributed by atoms with Crippen LogP contribution in [-0.4, -0.2) is 87.6 Å². The summed E-state index contributed by atoms with van der Waals surface area (Å²) in [4.78, 5) is 63.7. The minimum Gasteiger partial charge on any atom is -0.495 e. The lowest BCUT2D eigenvalue weighted by Crippen LogP contribution is -2.51. The fourth-order valence-electron chi connectivity index (χ4n) is 8.10. The molecular weight excluding hydrogens is 809 g/mol. The molecule has 4 aromatic rings. The summed E-state index contributed by atoms with van der Waals surface area (Å²) in [5.74, 6) is -3.95. The average Bonchev–Trinajstić information content (AvgIpc) is 3.69. The Morgan fingerprint density at radius 2 is 1.80 bits per heavy atom. The number of carbonyl (C=O) groups excluding carboxylic acids is 4. The number of halogens is 4. The number of fused-ring (bicyclic) bond motifs is 2. The lowest BCUT2D eigenvalue weighted by Gasteiger charge is -2.33. The molecule has 2 unspecified atom stereocenters. The Hall–Kier alpha value is -5.79. The Bertz CT molecular complexity index is 2390. The maximum Gasteiger partial charge on any atom is 0.423 e. The van der Waals surface area contributed by atoms with E-state index in [9.17, 15) is 32.3 Å². The first-order valence-corrected chi connectivity index (χ1v) is 19.7. The molecule has 5 heterocycles. The summed E-state index contributed by atoms with van der Waals surface area (Å²) in [6, 6.07) is 12.3. The monoisotopic (exact) mass is 848 g/mol. The molecule has 3 N–H and O–H groups in total. The number of aromatic nitrogens is 2. The molecule has 0 bridgehead atoms. The first-order chi connectivity index (χ1) is 28.7. The Morgan fingerprint density at radius 1 is 1.02 bits per heavy atom. The second-order valence-electron chi connectivity index (χ2n) is 15.2. The van der Waals surface area contributed by atoms with Crippen LogP contribution in [0.3, 0.4) is 0 Å². The zero-order valence-electron chi connectivity index (χ0n) is 32.4. The number of ether oxygens (including phenoxy) is 2. The summed E-state index contributed by atoms with van der Waals surface area (Å²) < 4.78 is 68.7. The van der Waals surface area contributed by atoms with Crippen LogP contribution in [0.25, 0.3) is 0 Å². The molecule has 2 fully saturated rings. The quantitative estimate of drug-likeness (QED) is 0.0881. The number of nitrogens with one attached hydrogen (secondary N) is 3. The van der Waals surface area contributed by atoms with Crippen molar-refractivity contribution in [2.75, 3.05) is 32.6 Å². The lowest BCUT2D eigenvalue weighted by molar-refractivity contribution is -0.139. The number of alkyl halides is 3. The number of imide groups is 1. The number of rotatable bonds is 10. The first-order valence-electron chi connectivity index (χ1n) is 19.2. The normalized spacial score (nSPS) is 19.9. The second-order valence-corrected chi connectivity index (χ2v) is 15.7. The zero-order valence-corrected chi connectivity index (χ0v) is 33.3. The van der Waals surface area contributed by atoms with E-state index in [-0.39, 0.29) is 58.1 Å². The fraction of sp³-hybridized carbons (Fsp3) is 0.366. The smallest absolute Gasteiger partial charge is 0.423 e. The van der Waals surface area contributed by atoms with Crippen LogP contribution >= 0.6 is 12.6 Å². The highest BCUT2D eigenvalue weighted by atomic mass is 32.1. The number of amides is 4. The number of hydrogen-bond acceptors (Lipinski definition) is 12. The van der Waals surface area contributed by atoms with E-state index >= 15 is 4.39 Å². The van der Waals surface area contributed by atoms with Gasteiger partial charge in [0.05, 0.1) is 35.3 Å². The molecule has 0 spiro atoms. The van der Waals surface area contributed by atoms with Crippen LogP contribution in [0.2, 0.25) is 0 Å². The molecule has 4 amide bonds. The Kier molecular flexibility index (Phi) is 11.2. The number of hydrogen-bond donors (Lipinski definition) is 4. The molecule has 4 aliphatic heterocycles. The van der Waals surface area contributed by atoms with Crippen molar-refractivity contribution in [1.82, 2.24) is 35.3 Å². The van der Waals surface area contributed by atoms with Crippen LogP contribution < -0.4 is 25.4 Å². The predicted octanol–water partition coefficient (Wildman–Crippen LogP) is 5.71. The highest BCUT2D eigenvalue weighted by molar-refractivity contribution is 7.80. The summed E-state index contributed by atoms with van der Waals surface area (Å²) >= 11 is 4.83. The van der Waals surface area contributed by atoms with Crippen molar-refractivity contribution in [3.05, 3.63) is 99.5 Å². The number of carbonyl (C=O) groups is 4. The van der Waals surface area contributed by atoms with Gasteiger partial charge in [0.2, 0.25) is 23.6 Å². The van der Waals surface area contributed by atoms with Crippen molar-refractivity contribution in [3.8, 4) is 17.4 Å². The van der Waals surface area contributed by atoms with Crippen molar-refractivity contribution >= 4 is 47.9 Å². The van der Waals surface area contributed by atoms with Crippen LogP contribution in [0.4, 0.5) is 29.2 Å². The van der Waals surface area contributed by atoms with Gasteiger partial charge in [0.15, 0.2) is 0 Å². The third-order valence-corrected chi connectivity index (χ3v) is 11.8. The fourth-order valence-corrected chi connectivity index (χ4v) is 8.58. The number of likely N-dealkylation sites (tertiary alicyclic amines) is 1. The van der Waals surface area contributed by atoms with E-state index in [1.165, 1.54) is 24.1 Å². The number of benzene rings is 3. The van der Waals surface area contributed by atoms with Crippen LogP contribution in [0.5, 0.6) is 17.4 Å². The van der Waals surface area contributed by atoms with E-state index in [0.29, 0.717) is 63.6 Å². The Morgan fingerprint density at radius 3 is 2.53 bits per heavy atom. The SMILES string of the molecule is COc1cc(C(=O)NC2CCN(Cc3ccc4c(c3)C(S)N(C3CCC(=O)NC3=O)C4)CC2)c(F)cc1Nc1ncc(C(F)(F)F)c(Oc2cccc3c2C(=O)N(C)C3)n1. The molecule has 0 aliphatic carbocycles. The molecule has 1 aromatic heterocycles. The molecule has 14 nitrogen and oxygen atoms in total. The highest BCUT2D eigenvalue weighted by Crippen LogP contribution is 2.42. The third-order valence-electron chi connectivity index (χ3n) is 11.2. The molecule has 2 atom stereocenters. The summed E-state index contributed by atoms with van der Waals surface area (Å²) in [5, 5.41) is 7.72. The van der Waals surface area contributed by atoms with Gasteiger partial charge in [-0.05, 0) is 53.6 Å². The van der Waals surface area contributed by atoms with Crippen molar-refractivity contribution in [3.63, 3.8) is 0 Å². The van der Waals surface area contributed by atoms with Gasteiger partial charge in [0.1, 0.15) is 22.9 Å². The topological polar surface area (TPSA) is 158 Å². The van der Waals surface area contributed by atoms with Gasteiger partial charge in [0, 0.05) is 64.5 Å². The molecule has 19 heteroatoms. The lowest BCUT2D eigenvalue weighted by atomic mass is 10.0. The van der Waals surface area contributed by atoms with Crippen molar-refractivity contribution in [1.29, 1.82) is 0 Å². The van der Waals surface area contributed by atoms with Crippen molar-refractivity contribution in [2.45, 2.75) is 69.0 Å². The van der Waals surface area contributed by atoms with Crippen LogP contribution in [0, 0.1) is 5.82 Å². The third kappa shape index (κ3) is 8.20. The van der Waals surface area contributed by atoms with Gasteiger partial charge in [-0.2, -0.15) is 30.8 Å². The van der Waals surface area contributed by atoms with Crippen molar-refractivity contribution < 1.29 is 46.2 Å². The summed E-state index contributed by atoms with van der Waals surface area (Å²) in [6.45, 7) is 2.83. The zero-order chi connectivity index (χ0) is 42.5. The highest BCUT2D eigenvalue weighted by Gasteiger charge is 2.40. The van der Waals surface area contributed by atoms with Gasteiger partial charge in [-0.1, -0.05) is 30.3 Å². The van der Waals surface area contributed by atoms with Gasteiger partial charge in [-0.15, -0.1) is 0 Å².